The minimum atomic E-state index is -0.157. The number of fused-ring (bicyclic) bond motifs is 1. The maximum Gasteiger partial charge on any atom is 0.265 e. The molecule has 2 aromatic heterocycles. The van der Waals surface area contributed by atoms with Crippen LogP contribution in [0.2, 0.25) is 5.02 Å². The summed E-state index contributed by atoms with van der Waals surface area (Å²) in [5.41, 5.74) is 0.678. The molecule has 0 bridgehead atoms. The Balaban J connectivity index is 1.69. The van der Waals surface area contributed by atoms with Gasteiger partial charge in [0.15, 0.2) is 5.16 Å². The fourth-order valence-electron chi connectivity index (χ4n) is 3.20. The Labute approximate surface area is 171 Å². The van der Waals surface area contributed by atoms with Crippen molar-refractivity contribution in [3.8, 4) is 0 Å². The molecule has 0 radical (unpaired) electrons. The number of piperidine rings is 1. The molecule has 1 aliphatic heterocycles. The van der Waals surface area contributed by atoms with Gasteiger partial charge in [-0.05, 0) is 49.8 Å². The number of carbonyl (C=O) groups is 1. The first kappa shape index (κ1) is 18.5. The predicted molar refractivity (Wildman–Crippen MR) is 115 cm³/mol. The Morgan fingerprint density at radius 3 is 2.78 bits per heavy atom. The van der Waals surface area contributed by atoms with Crippen molar-refractivity contribution in [3.05, 3.63) is 40.2 Å². The predicted octanol–water partition coefficient (Wildman–Crippen LogP) is 5.31. The minimum Gasteiger partial charge on any atom is -0.356 e. The molecule has 0 saturated carbocycles. The van der Waals surface area contributed by atoms with Gasteiger partial charge in [-0.1, -0.05) is 29.4 Å². The van der Waals surface area contributed by atoms with E-state index in [1.807, 2.05) is 24.5 Å². The summed E-state index contributed by atoms with van der Waals surface area (Å²) in [6.45, 7) is 2.00. The van der Waals surface area contributed by atoms with Crippen LogP contribution in [0.25, 0.3) is 10.2 Å². The molecule has 0 atom stereocenters. The highest BCUT2D eigenvalue weighted by atomic mass is 35.5. The molecule has 3 heterocycles. The van der Waals surface area contributed by atoms with Crippen LogP contribution < -0.4 is 10.2 Å². The number of nitrogens with zero attached hydrogens (tertiary/aromatic N) is 3. The zero-order valence-electron chi connectivity index (χ0n) is 14.9. The molecular formula is C19H19ClN4OS2. The summed E-state index contributed by atoms with van der Waals surface area (Å²) >= 11 is 8.93. The first-order valence-corrected chi connectivity index (χ1v) is 11.2. The number of nitrogens with one attached hydrogen (secondary N) is 1. The van der Waals surface area contributed by atoms with Gasteiger partial charge in [0, 0.05) is 23.8 Å². The number of hydrogen-bond donors (Lipinski definition) is 1. The van der Waals surface area contributed by atoms with E-state index in [-0.39, 0.29) is 5.91 Å². The molecule has 4 rings (SSSR count). The number of benzene rings is 1. The Bertz CT molecular complexity index is 985. The Kier molecular flexibility index (Phi) is 5.52. The topological polar surface area (TPSA) is 58.1 Å². The number of anilines is 2. The molecule has 1 aromatic carbocycles. The van der Waals surface area contributed by atoms with Crippen molar-refractivity contribution in [1.82, 2.24) is 9.97 Å². The van der Waals surface area contributed by atoms with Crippen molar-refractivity contribution in [2.45, 2.75) is 24.4 Å². The Morgan fingerprint density at radius 2 is 2.04 bits per heavy atom. The van der Waals surface area contributed by atoms with E-state index >= 15 is 0 Å². The van der Waals surface area contributed by atoms with Crippen LogP contribution in [-0.2, 0) is 0 Å². The van der Waals surface area contributed by atoms with Crippen LogP contribution in [0.4, 0.5) is 11.5 Å². The van der Waals surface area contributed by atoms with E-state index in [0.29, 0.717) is 15.6 Å². The maximum atomic E-state index is 12.7. The molecular weight excluding hydrogens is 400 g/mol. The summed E-state index contributed by atoms with van der Waals surface area (Å²) in [7, 11) is 0. The highest BCUT2D eigenvalue weighted by Gasteiger charge is 2.21. The zero-order chi connectivity index (χ0) is 18.8. The summed E-state index contributed by atoms with van der Waals surface area (Å²) in [6.07, 6.45) is 5.58. The van der Waals surface area contributed by atoms with Crippen molar-refractivity contribution in [1.29, 1.82) is 0 Å². The number of amides is 1. The van der Waals surface area contributed by atoms with Crippen LogP contribution in [0.1, 0.15) is 28.9 Å². The molecule has 3 aromatic rings. The molecule has 1 aliphatic rings. The third kappa shape index (κ3) is 4.05. The lowest BCUT2D eigenvalue weighted by Gasteiger charge is -2.28. The third-order valence-corrected chi connectivity index (χ3v) is 6.31. The van der Waals surface area contributed by atoms with Gasteiger partial charge in [0.2, 0.25) is 0 Å². The SMILES string of the molecule is CSc1nc(N2CCCCC2)c2cc(C(=O)Nc3cccc(Cl)c3)sc2n1. The van der Waals surface area contributed by atoms with Crippen molar-refractivity contribution in [2.24, 2.45) is 0 Å². The van der Waals surface area contributed by atoms with Crippen molar-refractivity contribution in [3.63, 3.8) is 0 Å². The molecule has 140 valence electrons. The van der Waals surface area contributed by atoms with Gasteiger partial charge < -0.3 is 10.2 Å². The third-order valence-electron chi connectivity index (χ3n) is 4.50. The Hall–Kier alpha value is -1.83. The fraction of sp³-hybridized carbons (Fsp3) is 0.316. The highest BCUT2D eigenvalue weighted by Crippen LogP contribution is 2.34. The van der Waals surface area contributed by atoms with E-state index < -0.39 is 0 Å². The van der Waals surface area contributed by atoms with Crippen LogP contribution >= 0.6 is 34.7 Å². The molecule has 1 saturated heterocycles. The summed E-state index contributed by atoms with van der Waals surface area (Å²) < 4.78 is 0. The van der Waals surface area contributed by atoms with Crippen molar-refractivity contribution < 1.29 is 4.79 Å². The van der Waals surface area contributed by atoms with E-state index in [0.717, 1.165) is 34.3 Å². The van der Waals surface area contributed by atoms with E-state index in [9.17, 15) is 4.79 Å². The van der Waals surface area contributed by atoms with Crippen molar-refractivity contribution >= 4 is 62.3 Å². The fourth-order valence-corrected chi connectivity index (χ4v) is 4.73. The molecule has 5 nitrogen and oxygen atoms in total. The van der Waals surface area contributed by atoms with Gasteiger partial charge in [0.05, 0.1) is 10.3 Å². The number of carbonyl (C=O) groups excluding carboxylic acids is 1. The quantitative estimate of drug-likeness (QED) is 0.459. The van der Waals surface area contributed by atoms with Crippen LogP contribution in [0.15, 0.2) is 35.5 Å². The second-order valence-corrected chi connectivity index (χ2v) is 8.62. The first-order chi connectivity index (χ1) is 13.1. The highest BCUT2D eigenvalue weighted by molar-refractivity contribution is 7.98. The molecule has 27 heavy (non-hydrogen) atoms. The lowest BCUT2D eigenvalue weighted by atomic mass is 10.1. The van der Waals surface area contributed by atoms with Gasteiger partial charge >= 0.3 is 0 Å². The van der Waals surface area contributed by atoms with E-state index in [1.165, 1.54) is 42.4 Å². The van der Waals surface area contributed by atoms with Gasteiger partial charge in [-0.2, -0.15) is 0 Å². The maximum absolute atomic E-state index is 12.7. The smallest absolute Gasteiger partial charge is 0.265 e. The summed E-state index contributed by atoms with van der Waals surface area (Å²) in [5.74, 6) is 0.790. The van der Waals surface area contributed by atoms with Crippen LogP contribution in [-0.4, -0.2) is 35.2 Å². The number of thioether (sulfide) groups is 1. The molecule has 0 aliphatic carbocycles. The monoisotopic (exact) mass is 418 g/mol. The second-order valence-electron chi connectivity index (χ2n) is 6.38. The molecule has 1 fully saturated rings. The average Bonchev–Trinajstić information content (AvgIpc) is 3.12. The number of halogens is 1. The van der Waals surface area contributed by atoms with E-state index in [2.05, 4.69) is 15.2 Å². The molecule has 1 N–H and O–H groups in total. The van der Waals surface area contributed by atoms with E-state index in [1.54, 1.807) is 12.1 Å². The normalized spacial score (nSPS) is 14.5. The summed E-state index contributed by atoms with van der Waals surface area (Å²) in [4.78, 5) is 25.9. The van der Waals surface area contributed by atoms with Crippen LogP contribution in [0.5, 0.6) is 0 Å². The largest absolute Gasteiger partial charge is 0.356 e. The number of hydrogen-bond acceptors (Lipinski definition) is 6. The lowest BCUT2D eigenvalue weighted by Crippen LogP contribution is -2.30. The standard InChI is InChI=1S/C19H19ClN4OS2/c1-26-19-22-16(24-8-3-2-4-9-24)14-11-15(27-18(14)23-19)17(25)21-13-7-5-6-12(20)10-13/h5-7,10-11H,2-4,8-9H2,1H3,(H,21,25). The first-order valence-electron chi connectivity index (χ1n) is 8.81. The van der Waals surface area contributed by atoms with Gasteiger partial charge in [-0.15, -0.1) is 11.3 Å². The van der Waals surface area contributed by atoms with Crippen molar-refractivity contribution in [2.75, 3.05) is 29.6 Å². The second kappa shape index (κ2) is 8.04. The van der Waals surface area contributed by atoms with Gasteiger partial charge in [-0.25, -0.2) is 9.97 Å². The molecule has 0 spiro atoms. The minimum absolute atomic E-state index is 0.157. The van der Waals surface area contributed by atoms with Crippen LogP contribution in [0, 0.1) is 0 Å². The zero-order valence-corrected chi connectivity index (χ0v) is 17.3. The van der Waals surface area contributed by atoms with Gasteiger partial charge in [0.1, 0.15) is 10.6 Å². The van der Waals surface area contributed by atoms with E-state index in [4.69, 9.17) is 16.6 Å². The van der Waals surface area contributed by atoms with Crippen LogP contribution in [0.3, 0.4) is 0 Å². The van der Waals surface area contributed by atoms with Gasteiger partial charge in [0.25, 0.3) is 5.91 Å². The Morgan fingerprint density at radius 1 is 1.22 bits per heavy atom. The number of thiophene rings is 1. The molecule has 8 heteroatoms. The summed E-state index contributed by atoms with van der Waals surface area (Å²) in [6, 6.07) is 9.06. The lowest BCUT2D eigenvalue weighted by molar-refractivity contribution is 0.103. The number of rotatable bonds is 4. The van der Waals surface area contributed by atoms with Gasteiger partial charge in [-0.3, -0.25) is 4.79 Å². The molecule has 1 amide bonds. The molecule has 0 unspecified atom stereocenters. The number of aromatic nitrogens is 2. The summed E-state index contributed by atoms with van der Waals surface area (Å²) in [5, 5.41) is 5.19. The average molecular weight is 419 g/mol.